The summed E-state index contributed by atoms with van der Waals surface area (Å²) >= 11 is 6.56. The molecule has 0 amide bonds. The number of nitrogen functional groups attached to an aromatic ring is 1. The Bertz CT molecular complexity index is 666. The van der Waals surface area contributed by atoms with Crippen LogP contribution in [0.3, 0.4) is 0 Å². The van der Waals surface area contributed by atoms with Gasteiger partial charge in [0.15, 0.2) is 0 Å². The van der Waals surface area contributed by atoms with Crippen LogP contribution >= 0.6 is 23.4 Å². The van der Waals surface area contributed by atoms with Crippen molar-refractivity contribution in [2.75, 3.05) is 5.84 Å². The zero-order valence-electron chi connectivity index (χ0n) is 9.53. The molecule has 1 heterocycles. The van der Waals surface area contributed by atoms with E-state index in [4.69, 9.17) is 17.4 Å². The minimum Gasteiger partial charge on any atom is -0.335 e. The zero-order chi connectivity index (χ0) is 14.9. The van der Waals surface area contributed by atoms with Crippen molar-refractivity contribution < 1.29 is 13.7 Å². The number of nitro benzene ring substituents is 1. The van der Waals surface area contributed by atoms with Gasteiger partial charge in [-0.2, -0.15) is 0 Å². The fraction of sp³-hybridized carbons (Fsp3) is 0.111. The van der Waals surface area contributed by atoms with Gasteiger partial charge < -0.3 is 5.84 Å². The molecule has 2 N–H and O–H groups in total. The number of aromatic nitrogens is 3. The van der Waals surface area contributed by atoms with Crippen molar-refractivity contribution in [2.24, 2.45) is 0 Å². The molecule has 11 heteroatoms. The summed E-state index contributed by atoms with van der Waals surface area (Å²) in [6, 6.07) is 4.07. The minimum atomic E-state index is -2.90. The number of nitrogens with zero attached hydrogens (tertiary/aromatic N) is 4. The summed E-state index contributed by atoms with van der Waals surface area (Å²) in [5, 5.41) is 17.5. The molecule has 0 unspecified atom stereocenters. The van der Waals surface area contributed by atoms with Crippen LogP contribution in [-0.4, -0.2) is 19.8 Å². The number of rotatable bonds is 4. The van der Waals surface area contributed by atoms with Crippen LogP contribution < -0.4 is 5.84 Å². The standard InChI is InChI=1S/C9H6ClF2N5O2S/c10-4-2-1-3-5(17(18)19)6(4)20-9-15-14-8(7(11)12)16(9)13/h1-3,7H,13H2. The van der Waals surface area contributed by atoms with E-state index in [1.165, 1.54) is 18.2 Å². The molecule has 0 atom stereocenters. The quantitative estimate of drug-likeness (QED) is 0.528. The summed E-state index contributed by atoms with van der Waals surface area (Å²) in [6.07, 6.45) is -2.90. The fourth-order valence-electron chi connectivity index (χ4n) is 1.34. The highest BCUT2D eigenvalue weighted by Gasteiger charge is 2.23. The van der Waals surface area contributed by atoms with Crippen molar-refractivity contribution in [3.05, 3.63) is 39.2 Å². The topological polar surface area (TPSA) is 99.9 Å². The summed E-state index contributed by atoms with van der Waals surface area (Å²) in [7, 11) is 0. The lowest BCUT2D eigenvalue weighted by Gasteiger charge is -2.05. The van der Waals surface area contributed by atoms with E-state index < -0.39 is 17.2 Å². The van der Waals surface area contributed by atoms with Gasteiger partial charge in [-0.05, 0) is 17.8 Å². The maximum atomic E-state index is 12.5. The molecule has 20 heavy (non-hydrogen) atoms. The highest BCUT2D eigenvalue weighted by Crippen LogP contribution is 2.39. The van der Waals surface area contributed by atoms with E-state index in [0.29, 0.717) is 16.4 Å². The molecule has 0 saturated heterocycles. The largest absolute Gasteiger partial charge is 0.335 e. The molecule has 2 aromatic rings. The second-order valence-electron chi connectivity index (χ2n) is 3.46. The monoisotopic (exact) mass is 321 g/mol. The lowest BCUT2D eigenvalue weighted by molar-refractivity contribution is -0.387. The van der Waals surface area contributed by atoms with Crippen LogP contribution in [0.15, 0.2) is 28.3 Å². The third kappa shape index (κ3) is 2.65. The Morgan fingerprint density at radius 1 is 1.45 bits per heavy atom. The summed E-state index contributed by atoms with van der Waals surface area (Å²) in [5.74, 6) is 4.67. The number of nitrogens with two attached hydrogens (primary N) is 1. The van der Waals surface area contributed by atoms with Gasteiger partial charge in [-0.1, -0.05) is 17.7 Å². The normalized spacial score (nSPS) is 11.0. The Labute approximate surface area is 119 Å². The smallest absolute Gasteiger partial charge is 0.299 e. The average molecular weight is 322 g/mol. The van der Waals surface area contributed by atoms with E-state index in [1.807, 2.05) is 0 Å². The fourth-order valence-corrected chi connectivity index (χ4v) is 2.49. The predicted octanol–water partition coefficient (Wildman–Crippen LogP) is 2.64. The van der Waals surface area contributed by atoms with Gasteiger partial charge in [-0.25, -0.2) is 13.5 Å². The maximum Gasteiger partial charge on any atom is 0.299 e. The van der Waals surface area contributed by atoms with Gasteiger partial charge in [0.25, 0.3) is 12.1 Å². The molecular weight excluding hydrogens is 316 g/mol. The number of hydrogen-bond donors (Lipinski definition) is 1. The zero-order valence-corrected chi connectivity index (χ0v) is 11.1. The number of nitro groups is 1. The van der Waals surface area contributed by atoms with Crippen LogP contribution in [0.25, 0.3) is 0 Å². The number of benzene rings is 1. The Morgan fingerprint density at radius 2 is 2.15 bits per heavy atom. The van der Waals surface area contributed by atoms with Crippen LogP contribution in [0, 0.1) is 10.1 Å². The van der Waals surface area contributed by atoms with Crippen molar-refractivity contribution in [3.8, 4) is 0 Å². The molecule has 0 spiro atoms. The van der Waals surface area contributed by atoms with Crippen LogP contribution in [0.5, 0.6) is 0 Å². The van der Waals surface area contributed by atoms with Gasteiger partial charge in [0.1, 0.15) is 4.90 Å². The lowest BCUT2D eigenvalue weighted by atomic mass is 10.3. The van der Waals surface area contributed by atoms with E-state index in [1.54, 1.807) is 0 Å². The highest BCUT2D eigenvalue weighted by atomic mass is 35.5. The third-order valence-electron chi connectivity index (χ3n) is 2.22. The lowest BCUT2D eigenvalue weighted by Crippen LogP contribution is -2.14. The molecule has 0 aliphatic rings. The van der Waals surface area contributed by atoms with Crippen molar-refractivity contribution in [2.45, 2.75) is 16.5 Å². The van der Waals surface area contributed by atoms with Gasteiger partial charge >= 0.3 is 0 Å². The summed E-state index contributed by atoms with van der Waals surface area (Å²) in [4.78, 5) is 10.3. The second kappa shape index (κ2) is 5.59. The Hall–Kier alpha value is -1.94. The molecule has 0 bridgehead atoms. The van der Waals surface area contributed by atoms with Crippen molar-refractivity contribution >= 4 is 29.1 Å². The van der Waals surface area contributed by atoms with Gasteiger partial charge in [-0.15, -0.1) is 10.2 Å². The van der Waals surface area contributed by atoms with E-state index >= 15 is 0 Å². The SMILES string of the molecule is Nn1c(Sc2c(Cl)cccc2[N+](=O)[O-])nnc1C(F)F. The molecule has 0 aliphatic carbocycles. The predicted molar refractivity (Wildman–Crippen MR) is 67.4 cm³/mol. The van der Waals surface area contributed by atoms with Crippen LogP contribution in [0.4, 0.5) is 14.5 Å². The van der Waals surface area contributed by atoms with Gasteiger partial charge in [0.05, 0.1) is 9.95 Å². The van der Waals surface area contributed by atoms with Gasteiger partial charge in [-0.3, -0.25) is 10.1 Å². The first kappa shape index (κ1) is 14.5. The molecule has 106 valence electrons. The van der Waals surface area contributed by atoms with Gasteiger partial charge in [0.2, 0.25) is 11.0 Å². The first-order valence-corrected chi connectivity index (χ1v) is 6.20. The number of halogens is 3. The Morgan fingerprint density at radius 3 is 2.70 bits per heavy atom. The molecule has 7 nitrogen and oxygen atoms in total. The van der Waals surface area contributed by atoms with E-state index in [0.717, 1.165) is 0 Å². The molecular formula is C9H6ClF2N5O2S. The van der Waals surface area contributed by atoms with Crippen LogP contribution in [0.2, 0.25) is 5.02 Å². The van der Waals surface area contributed by atoms with E-state index in [9.17, 15) is 18.9 Å². The summed E-state index contributed by atoms with van der Waals surface area (Å²) in [5.41, 5.74) is -0.274. The first-order valence-electron chi connectivity index (χ1n) is 5.01. The number of alkyl halides is 2. The highest BCUT2D eigenvalue weighted by molar-refractivity contribution is 7.99. The summed E-state index contributed by atoms with van der Waals surface area (Å²) in [6.45, 7) is 0. The van der Waals surface area contributed by atoms with Crippen LogP contribution in [0.1, 0.15) is 12.2 Å². The Balaban J connectivity index is 2.43. The van der Waals surface area contributed by atoms with Crippen LogP contribution in [-0.2, 0) is 0 Å². The molecule has 2 rings (SSSR count). The maximum absolute atomic E-state index is 12.5. The molecule has 1 aromatic carbocycles. The average Bonchev–Trinajstić information content (AvgIpc) is 2.73. The van der Waals surface area contributed by atoms with Crippen molar-refractivity contribution in [1.29, 1.82) is 0 Å². The molecule has 0 radical (unpaired) electrons. The molecule has 0 fully saturated rings. The van der Waals surface area contributed by atoms with Crippen molar-refractivity contribution in [1.82, 2.24) is 14.9 Å². The number of hydrogen-bond acceptors (Lipinski definition) is 6. The Kier molecular flexibility index (Phi) is 4.04. The van der Waals surface area contributed by atoms with E-state index in [-0.39, 0.29) is 20.8 Å². The van der Waals surface area contributed by atoms with Gasteiger partial charge in [0, 0.05) is 6.07 Å². The molecule has 0 saturated carbocycles. The minimum absolute atomic E-state index is 0.0547. The third-order valence-corrected chi connectivity index (χ3v) is 3.74. The first-order chi connectivity index (χ1) is 9.41. The van der Waals surface area contributed by atoms with Crippen molar-refractivity contribution in [3.63, 3.8) is 0 Å². The summed E-state index contributed by atoms with van der Waals surface area (Å²) < 4.78 is 25.6. The second-order valence-corrected chi connectivity index (χ2v) is 4.84. The molecule has 1 aromatic heterocycles. The van der Waals surface area contributed by atoms with E-state index in [2.05, 4.69) is 10.2 Å². The molecule has 0 aliphatic heterocycles.